The van der Waals surface area contributed by atoms with Crippen molar-refractivity contribution in [3.05, 3.63) is 0 Å². The van der Waals surface area contributed by atoms with Crippen LogP contribution in [0.4, 0.5) is 39.5 Å². The highest BCUT2D eigenvalue weighted by Gasteiger charge is 2.66. The second kappa shape index (κ2) is 8.16. The molecule has 162 valence electrons. The Labute approximate surface area is 151 Å². The summed E-state index contributed by atoms with van der Waals surface area (Å²) in [5, 5.41) is 0. The maximum absolute atomic E-state index is 12.5. The Morgan fingerprint density at radius 1 is 0.607 bits per heavy atom. The van der Waals surface area contributed by atoms with Crippen molar-refractivity contribution in [1.82, 2.24) is 0 Å². The third kappa shape index (κ3) is 6.27. The van der Waals surface area contributed by atoms with Gasteiger partial charge >= 0.3 is 45.2 Å². The van der Waals surface area contributed by atoms with E-state index in [2.05, 4.69) is 13.3 Å². The zero-order valence-corrected chi connectivity index (χ0v) is 14.5. The molecular formula is C12H11F9O6Si. The Balaban J connectivity index is 3.43. The van der Waals surface area contributed by atoms with Crippen LogP contribution >= 0.6 is 0 Å². The van der Waals surface area contributed by atoms with E-state index in [1.54, 1.807) is 0 Å². The van der Waals surface area contributed by atoms with Crippen molar-refractivity contribution in [3.8, 4) is 0 Å². The number of carbonyl (C=O) groups excluding carboxylic acids is 3. The summed E-state index contributed by atoms with van der Waals surface area (Å²) in [4.78, 5) is 33.4. The van der Waals surface area contributed by atoms with Crippen LogP contribution in [0.15, 0.2) is 0 Å². The molecule has 0 aromatic carbocycles. The molecule has 0 aromatic heterocycles. The fraction of sp³-hybridized carbons (Fsp3) is 0.750. The normalized spacial score (nSPS) is 17.0. The zero-order chi connectivity index (χ0) is 22.0. The van der Waals surface area contributed by atoms with Gasteiger partial charge in [-0.1, -0.05) is 19.3 Å². The lowest BCUT2D eigenvalue weighted by Gasteiger charge is -2.35. The number of hydrogen-bond donors (Lipinski definition) is 0. The third-order valence-electron chi connectivity index (χ3n) is 3.50. The van der Waals surface area contributed by atoms with Crippen molar-refractivity contribution in [2.45, 2.75) is 56.2 Å². The Morgan fingerprint density at radius 3 is 1.14 bits per heavy atom. The Hall–Kier alpha value is -2.00. The quantitative estimate of drug-likeness (QED) is 0.482. The van der Waals surface area contributed by atoms with Gasteiger partial charge in [-0.15, -0.1) is 0 Å². The summed E-state index contributed by atoms with van der Waals surface area (Å²) >= 11 is 0. The van der Waals surface area contributed by atoms with E-state index >= 15 is 0 Å². The van der Waals surface area contributed by atoms with Gasteiger partial charge in [0, 0.05) is 0 Å². The second-order valence-electron chi connectivity index (χ2n) is 5.60. The van der Waals surface area contributed by atoms with Gasteiger partial charge in [-0.25, -0.2) is 14.4 Å². The first kappa shape index (κ1) is 24.0. The maximum atomic E-state index is 12.5. The van der Waals surface area contributed by atoms with Crippen LogP contribution in [0.5, 0.6) is 0 Å². The average Bonchev–Trinajstić information content (AvgIpc) is 2.52. The second-order valence-corrected chi connectivity index (χ2v) is 8.24. The molecule has 1 saturated carbocycles. The van der Waals surface area contributed by atoms with Crippen molar-refractivity contribution < 1.29 is 67.2 Å². The minimum Gasteiger partial charge on any atom is -0.448 e. The van der Waals surface area contributed by atoms with Gasteiger partial charge in [0.1, 0.15) is 0 Å². The molecule has 1 aliphatic carbocycles. The molecule has 0 spiro atoms. The van der Waals surface area contributed by atoms with Gasteiger partial charge in [0.2, 0.25) is 0 Å². The molecule has 0 N–H and O–H groups in total. The van der Waals surface area contributed by atoms with Crippen LogP contribution in [0, 0.1) is 0 Å². The van der Waals surface area contributed by atoms with Gasteiger partial charge in [-0.3, -0.25) is 0 Å². The molecule has 0 unspecified atom stereocenters. The molecule has 1 fully saturated rings. The van der Waals surface area contributed by atoms with E-state index in [1.807, 2.05) is 0 Å². The summed E-state index contributed by atoms with van der Waals surface area (Å²) in [5.41, 5.74) is -1.76. The Morgan fingerprint density at radius 2 is 0.893 bits per heavy atom. The minimum absolute atomic E-state index is 0.0795. The molecule has 0 radical (unpaired) electrons. The number of carbonyl (C=O) groups is 3. The minimum atomic E-state index is -6.12. The molecule has 16 heteroatoms. The molecule has 1 rings (SSSR count). The number of hydrogen-bond acceptors (Lipinski definition) is 6. The summed E-state index contributed by atoms with van der Waals surface area (Å²) in [6, 6.07) is 0. The summed E-state index contributed by atoms with van der Waals surface area (Å²) in [5.74, 6) is -9.76. The Bertz CT molecular complexity index is 537. The van der Waals surface area contributed by atoms with Gasteiger partial charge < -0.3 is 13.3 Å². The fourth-order valence-corrected chi connectivity index (χ4v) is 5.19. The topological polar surface area (TPSA) is 78.9 Å². The standard InChI is InChI=1S/C12H11F9O6Si/c13-10(14,15)7(22)25-28(6-4-2-1-3-5-6,26-8(23)11(16,17)18)27-9(24)12(19,20)21/h6H,1-5H2. The van der Waals surface area contributed by atoms with E-state index in [1.165, 1.54) is 0 Å². The van der Waals surface area contributed by atoms with Crippen molar-refractivity contribution in [2.75, 3.05) is 0 Å². The van der Waals surface area contributed by atoms with Gasteiger partial charge in [0.15, 0.2) is 0 Å². The molecule has 0 heterocycles. The summed E-state index contributed by atoms with van der Waals surface area (Å²) in [7, 11) is -6.12. The van der Waals surface area contributed by atoms with E-state index < -0.39 is 63.6 Å². The highest BCUT2D eigenvalue weighted by molar-refractivity contribution is 6.67. The fourth-order valence-electron chi connectivity index (χ4n) is 2.33. The van der Waals surface area contributed by atoms with E-state index in [9.17, 15) is 53.9 Å². The molecule has 0 amide bonds. The highest BCUT2D eigenvalue weighted by atomic mass is 28.4. The largest absolute Gasteiger partial charge is 0.709 e. The predicted molar refractivity (Wildman–Crippen MR) is 69.0 cm³/mol. The zero-order valence-electron chi connectivity index (χ0n) is 13.5. The average molecular weight is 450 g/mol. The van der Waals surface area contributed by atoms with Gasteiger partial charge in [0.05, 0.1) is 5.54 Å². The van der Waals surface area contributed by atoms with Crippen molar-refractivity contribution >= 4 is 26.7 Å². The number of rotatable bonds is 4. The SMILES string of the molecule is O=C(O[Si](OC(=O)C(F)(F)F)(OC(=O)C(F)(F)F)C1CCCCC1)C(F)(F)F. The van der Waals surface area contributed by atoms with Crippen LogP contribution in [-0.2, 0) is 27.7 Å². The van der Waals surface area contributed by atoms with Crippen molar-refractivity contribution in [3.63, 3.8) is 0 Å². The molecule has 0 bridgehead atoms. The lowest BCUT2D eigenvalue weighted by atomic mass is 10.0. The molecule has 0 saturated heterocycles. The van der Waals surface area contributed by atoms with Gasteiger partial charge in [-0.2, -0.15) is 39.5 Å². The first-order valence-electron chi connectivity index (χ1n) is 7.39. The van der Waals surface area contributed by atoms with Crippen LogP contribution in [-0.4, -0.2) is 45.2 Å². The molecule has 6 nitrogen and oxygen atoms in total. The predicted octanol–water partition coefficient (Wildman–Crippen LogP) is 3.58. The number of alkyl halides is 9. The van der Waals surface area contributed by atoms with Crippen LogP contribution in [0.2, 0.25) is 5.54 Å². The number of halogens is 9. The lowest BCUT2D eigenvalue weighted by Crippen LogP contribution is -2.58. The van der Waals surface area contributed by atoms with Crippen LogP contribution in [0.25, 0.3) is 0 Å². The van der Waals surface area contributed by atoms with E-state index in [0.29, 0.717) is 6.42 Å². The molecular weight excluding hydrogens is 439 g/mol. The van der Waals surface area contributed by atoms with E-state index in [4.69, 9.17) is 0 Å². The van der Waals surface area contributed by atoms with Crippen molar-refractivity contribution in [1.29, 1.82) is 0 Å². The molecule has 28 heavy (non-hydrogen) atoms. The molecule has 0 aliphatic heterocycles. The summed E-state index contributed by atoms with van der Waals surface area (Å²) in [6.07, 6.45) is -17.9. The first-order chi connectivity index (χ1) is 12.5. The Kier molecular flexibility index (Phi) is 7.01. The smallest absolute Gasteiger partial charge is 0.448 e. The van der Waals surface area contributed by atoms with Crippen LogP contribution in [0.1, 0.15) is 32.1 Å². The lowest BCUT2D eigenvalue weighted by molar-refractivity contribution is -0.210. The summed E-state index contributed by atoms with van der Waals surface area (Å²) < 4.78 is 124. The van der Waals surface area contributed by atoms with E-state index in [0.717, 1.165) is 0 Å². The summed E-state index contributed by atoms with van der Waals surface area (Å²) in [6.45, 7) is 0. The molecule has 0 atom stereocenters. The monoisotopic (exact) mass is 450 g/mol. The maximum Gasteiger partial charge on any atom is 0.709 e. The highest BCUT2D eigenvalue weighted by Crippen LogP contribution is 2.42. The molecule has 0 aromatic rings. The molecule has 1 aliphatic rings. The van der Waals surface area contributed by atoms with Crippen LogP contribution < -0.4 is 0 Å². The van der Waals surface area contributed by atoms with E-state index in [-0.39, 0.29) is 12.8 Å². The van der Waals surface area contributed by atoms with Gasteiger partial charge in [-0.05, 0) is 12.8 Å². The van der Waals surface area contributed by atoms with Crippen LogP contribution in [0.3, 0.4) is 0 Å². The third-order valence-corrected chi connectivity index (χ3v) is 6.49. The van der Waals surface area contributed by atoms with Gasteiger partial charge in [0.25, 0.3) is 0 Å². The first-order valence-corrected chi connectivity index (χ1v) is 9.20. The van der Waals surface area contributed by atoms with Crippen molar-refractivity contribution in [2.24, 2.45) is 0 Å².